The van der Waals surface area contributed by atoms with Gasteiger partial charge in [0, 0.05) is 12.8 Å². The standard InChI is InChI=1S/C21H29N3O2/c1-3-4-8-17(25)13-24-10-9-19-18(14-24)21(26)23-20(22-19)12-16-7-5-6-15(2)11-16/h5-7,11,17,25H,3-4,8-10,12-14H2,1-2H3,(H,22,23,26)/p+1/t17-/m1/s1. The van der Waals surface area contributed by atoms with Gasteiger partial charge in [-0.15, -0.1) is 0 Å². The molecule has 0 saturated carbocycles. The zero-order valence-corrected chi connectivity index (χ0v) is 15.8. The van der Waals surface area contributed by atoms with Crippen molar-refractivity contribution in [2.45, 2.75) is 58.6 Å². The van der Waals surface area contributed by atoms with E-state index in [0.717, 1.165) is 54.9 Å². The smallest absolute Gasteiger partial charge is 0.260 e. The zero-order valence-electron chi connectivity index (χ0n) is 15.8. The molecule has 3 rings (SSSR count). The summed E-state index contributed by atoms with van der Waals surface area (Å²) in [6, 6.07) is 8.30. The number of hydrogen-bond donors (Lipinski definition) is 3. The van der Waals surface area contributed by atoms with Gasteiger partial charge in [-0.2, -0.15) is 0 Å². The first-order chi connectivity index (χ1) is 12.5. The maximum atomic E-state index is 12.6. The Balaban J connectivity index is 1.69. The van der Waals surface area contributed by atoms with Gasteiger partial charge >= 0.3 is 0 Å². The minimum absolute atomic E-state index is 0.0158. The van der Waals surface area contributed by atoms with Crippen molar-refractivity contribution in [3.05, 3.63) is 62.8 Å². The summed E-state index contributed by atoms with van der Waals surface area (Å²) in [6.45, 7) is 6.50. The topological polar surface area (TPSA) is 70.4 Å². The van der Waals surface area contributed by atoms with Crippen LogP contribution in [-0.2, 0) is 19.4 Å². The number of unbranched alkanes of at least 4 members (excludes halogenated alkanes) is 1. The monoisotopic (exact) mass is 356 g/mol. The van der Waals surface area contributed by atoms with E-state index in [1.165, 1.54) is 10.5 Å². The third-order valence-electron chi connectivity index (χ3n) is 5.16. The van der Waals surface area contributed by atoms with Crippen molar-refractivity contribution in [3.63, 3.8) is 0 Å². The van der Waals surface area contributed by atoms with Gasteiger partial charge in [-0.1, -0.05) is 49.6 Å². The number of hydrogen-bond acceptors (Lipinski definition) is 3. The number of aromatic amines is 1. The average Bonchev–Trinajstić information content (AvgIpc) is 2.60. The Morgan fingerprint density at radius 1 is 1.38 bits per heavy atom. The van der Waals surface area contributed by atoms with E-state index in [9.17, 15) is 9.90 Å². The predicted octanol–water partition coefficient (Wildman–Crippen LogP) is 1.16. The molecule has 1 aromatic heterocycles. The SMILES string of the molecule is CCCC[C@@H](O)C[NH+]1CCc2nc(Cc3cccc(C)c3)[nH]c(=O)c2C1. The zero-order chi connectivity index (χ0) is 18.5. The Morgan fingerprint density at radius 2 is 2.23 bits per heavy atom. The molecule has 0 aliphatic carbocycles. The quantitative estimate of drug-likeness (QED) is 0.697. The predicted molar refractivity (Wildman–Crippen MR) is 102 cm³/mol. The largest absolute Gasteiger partial charge is 0.387 e. The molecule has 140 valence electrons. The molecule has 0 fully saturated rings. The van der Waals surface area contributed by atoms with E-state index < -0.39 is 0 Å². The molecule has 3 N–H and O–H groups in total. The summed E-state index contributed by atoms with van der Waals surface area (Å²) >= 11 is 0. The van der Waals surface area contributed by atoms with E-state index in [4.69, 9.17) is 4.98 Å². The van der Waals surface area contributed by atoms with E-state index >= 15 is 0 Å². The van der Waals surface area contributed by atoms with Crippen LogP contribution in [0.2, 0.25) is 0 Å². The number of nitrogens with one attached hydrogen (secondary N) is 2. The van der Waals surface area contributed by atoms with Crippen molar-refractivity contribution in [3.8, 4) is 0 Å². The summed E-state index contributed by atoms with van der Waals surface area (Å²) in [6.07, 6.45) is 4.17. The summed E-state index contributed by atoms with van der Waals surface area (Å²) in [7, 11) is 0. The number of aliphatic hydroxyl groups is 1. The van der Waals surface area contributed by atoms with Gasteiger partial charge in [0.2, 0.25) is 0 Å². The lowest BCUT2D eigenvalue weighted by molar-refractivity contribution is -0.919. The number of aromatic nitrogens is 2. The van der Waals surface area contributed by atoms with Crippen LogP contribution in [-0.4, -0.2) is 34.3 Å². The van der Waals surface area contributed by atoms with Crippen LogP contribution in [0.25, 0.3) is 0 Å². The molecular formula is C21H30N3O2+. The Morgan fingerprint density at radius 3 is 3.00 bits per heavy atom. The van der Waals surface area contributed by atoms with Gasteiger partial charge < -0.3 is 15.0 Å². The van der Waals surface area contributed by atoms with Crippen LogP contribution in [0.15, 0.2) is 29.1 Å². The fourth-order valence-electron chi connectivity index (χ4n) is 3.77. The highest BCUT2D eigenvalue weighted by Gasteiger charge is 2.25. The molecule has 1 aromatic carbocycles. The van der Waals surface area contributed by atoms with Crippen molar-refractivity contribution in [1.82, 2.24) is 9.97 Å². The van der Waals surface area contributed by atoms with E-state index in [1.54, 1.807) is 0 Å². The minimum atomic E-state index is -0.279. The van der Waals surface area contributed by atoms with Crippen molar-refractivity contribution in [2.75, 3.05) is 13.1 Å². The molecule has 1 unspecified atom stereocenters. The second-order valence-electron chi connectivity index (χ2n) is 7.53. The lowest BCUT2D eigenvalue weighted by Gasteiger charge is -2.26. The first-order valence-electron chi connectivity index (χ1n) is 9.73. The van der Waals surface area contributed by atoms with E-state index in [2.05, 4.69) is 37.0 Å². The maximum absolute atomic E-state index is 12.6. The van der Waals surface area contributed by atoms with Crippen LogP contribution in [0.5, 0.6) is 0 Å². The minimum Gasteiger partial charge on any atom is -0.387 e. The second kappa shape index (κ2) is 8.60. The third-order valence-corrected chi connectivity index (χ3v) is 5.16. The Hall–Kier alpha value is -1.98. The lowest BCUT2D eigenvalue weighted by Crippen LogP contribution is -3.13. The molecule has 5 nitrogen and oxygen atoms in total. The molecule has 0 amide bonds. The second-order valence-corrected chi connectivity index (χ2v) is 7.53. The Kier molecular flexibility index (Phi) is 6.22. The number of aliphatic hydroxyl groups excluding tert-OH is 1. The summed E-state index contributed by atoms with van der Waals surface area (Å²) in [5, 5.41) is 10.2. The van der Waals surface area contributed by atoms with Crippen molar-refractivity contribution < 1.29 is 10.0 Å². The highest BCUT2D eigenvalue weighted by molar-refractivity contribution is 5.26. The fourth-order valence-corrected chi connectivity index (χ4v) is 3.77. The average molecular weight is 356 g/mol. The number of nitrogens with zero attached hydrogens (tertiary/aromatic N) is 1. The first-order valence-corrected chi connectivity index (χ1v) is 9.73. The molecule has 2 atom stereocenters. The van der Waals surface area contributed by atoms with E-state index in [0.29, 0.717) is 19.5 Å². The molecular weight excluding hydrogens is 326 g/mol. The maximum Gasteiger partial charge on any atom is 0.260 e. The molecule has 0 spiro atoms. The lowest BCUT2D eigenvalue weighted by atomic mass is 10.0. The van der Waals surface area contributed by atoms with Gasteiger partial charge in [0.15, 0.2) is 0 Å². The number of H-pyrrole nitrogens is 1. The highest BCUT2D eigenvalue weighted by Crippen LogP contribution is 2.10. The van der Waals surface area contributed by atoms with Crippen LogP contribution in [0.3, 0.4) is 0 Å². The third kappa shape index (κ3) is 4.80. The van der Waals surface area contributed by atoms with Crippen molar-refractivity contribution in [2.24, 2.45) is 0 Å². The molecule has 0 saturated heterocycles. The number of fused-ring (bicyclic) bond motifs is 1. The normalized spacial score (nSPS) is 17.7. The van der Waals surface area contributed by atoms with Gasteiger partial charge in [-0.3, -0.25) is 4.79 Å². The summed E-state index contributed by atoms with van der Waals surface area (Å²) in [4.78, 5) is 21.6. The van der Waals surface area contributed by atoms with E-state index in [1.807, 2.05) is 6.07 Å². The van der Waals surface area contributed by atoms with Crippen LogP contribution >= 0.6 is 0 Å². The Labute approximate surface area is 155 Å². The summed E-state index contributed by atoms with van der Waals surface area (Å²) in [5.74, 6) is 0.741. The number of benzene rings is 1. The molecule has 2 heterocycles. The first kappa shape index (κ1) is 18.8. The van der Waals surface area contributed by atoms with Crippen LogP contribution in [0.4, 0.5) is 0 Å². The summed E-state index contributed by atoms with van der Waals surface area (Å²) in [5.41, 5.74) is 4.09. The number of aryl methyl sites for hydroxylation is 1. The van der Waals surface area contributed by atoms with Gasteiger partial charge in [0.05, 0.1) is 17.8 Å². The molecule has 26 heavy (non-hydrogen) atoms. The highest BCUT2D eigenvalue weighted by atomic mass is 16.3. The van der Waals surface area contributed by atoms with Crippen molar-refractivity contribution >= 4 is 0 Å². The fraction of sp³-hybridized carbons (Fsp3) is 0.524. The molecule has 2 aromatic rings. The number of quaternary nitrogens is 1. The molecule has 0 radical (unpaired) electrons. The molecule has 1 aliphatic rings. The van der Waals surface area contributed by atoms with E-state index in [-0.39, 0.29) is 11.7 Å². The van der Waals surface area contributed by atoms with Crippen LogP contribution in [0.1, 0.15) is 54.4 Å². The molecule has 0 bridgehead atoms. The van der Waals surface area contributed by atoms with Gasteiger partial charge in [-0.25, -0.2) is 4.98 Å². The summed E-state index contributed by atoms with van der Waals surface area (Å²) < 4.78 is 0. The molecule has 1 aliphatic heterocycles. The Bertz CT molecular complexity index is 800. The molecule has 5 heteroatoms. The number of rotatable bonds is 7. The van der Waals surface area contributed by atoms with Crippen molar-refractivity contribution in [1.29, 1.82) is 0 Å². The van der Waals surface area contributed by atoms with Crippen LogP contribution < -0.4 is 10.5 Å². The van der Waals surface area contributed by atoms with Crippen LogP contribution in [0, 0.1) is 6.92 Å². The van der Waals surface area contributed by atoms with Gasteiger partial charge in [0.25, 0.3) is 5.56 Å². The van der Waals surface area contributed by atoms with Gasteiger partial charge in [0.1, 0.15) is 25.0 Å². The van der Waals surface area contributed by atoms with Gasteiger partial charge in [-0.05, 0) is 18.9 Å².